The van der Waals surface area contributed by atoms with E-state index in [2.05, 4.69) is 272 Å². The second-order valence-corrected chi connectivity index (χ2v) is 33.4. The first-order valence-corrected chi connectivity index (χ1v) is 43.1. The number of aryl methyl sites for hydroxylation is 14. The minimum absolute atomic E-state index is 0.0723. The first-order valence-electron chi connectivity index (χ1n) is 44.6. The normalized spacial score (nSPS) is 12.1. The monoisotopic (exact) mass is 1670 g/mol. The van der Waals surface area contributed by atoms with E-state index in [9.17, 15) is 0 Å². The Bertz CT molecular complexity index is 8790. The molecule has 0 aliphatic carbocycles. The number of aromatic nitrogens is 10. The first-order chi connectivity index (χ1) is 63.6. The molecule has 10 aromatic heterocycles. The number of hydrogen-bond acceptors (Lipinski definition) is 9. The van der Waals surface area contributed by atoms with Crippen molar-refractivity contribution in [2.75, 3.05) is 0 Å². The minimum atomic E-state index is -2.25. The molecule has 0 unspecified atom stereocenters. The predicted molar refractivity (Wildman–Crippen MR) is 517 cm³/mol. The van der Waals surface area contributed by atoms with Gasteiger partial charge < -0.3 is 22.1 Å². The average Bonchev–Trinajstić information content (AvgIpc) is 1.63. The molecule has 0 saturated carbocycles. The van der Waals surface area contributed by atoms with E-state index >= 15 is 0 Å². The number of hydrogen-bond donors (Lipinski definition) is 0. The van der Waals surface area contributed by atoms with E-state index in [1.165, 1.54) is 92.3 Å². The van der Waals surface area contributed by atoms with E-state index < -0.39 is 6.85 Å². The van der Waals surface area contributed by atoms with Gasteiger partial charge in [-0.3, -0.25) is 0 Å². The summed E-state index contributed by atoms with van der Waals surface area (Å²) in [5, 5.41) is 41.7. The molecule has 15 aromatic carbocycles. The second-order valence-electron chi connectivity index (χ2n) is 33.4. The van der Waals surface area contributed by atoms with Crippen molar-refractivity contribution in [3.63, 3.8) is 0 Å². The van der Waals surface area contributed by atoms with Crippen LogP contribution in [0, 0.1) is 62.2 Å². The van der Waals surface area contributed by atoms with Crippen molar-refractivity contribution in [2.45, 2.75) is 62.2 Å². The molecule has 0 amide bonds. The van der Waals surface area contributed by atoms with Crippen LogP contribution in [0.5, 0.6) is 0 Å². The zero-order valence-electron chi connectivity index (χ0n) is 76.5. The Morgan fingerprint density at radius 3 is 0.836 bits per heavy atom. The van der Waals surface area contributed by atoms with Gasteiger partial charge in [0.1, 0.15) is 61.6 Å². The topological polar surface area (TPSA) is 142 Å². The summed E-state index contributed by atoms with van der Waals surface area (Å²) in [6.07, 6.45) is 7.89. The van der Waals surface area contributed by atoms with E-state index in [4.69, 9.17) is 26.2 Å². The quantitative estimate of drug-likeness (QED) is 0.154. The lowest BCUT2D eigenvalue weighted by Crippen LogP contribution is -2.37. The predicted octanol–water partition coefficient (Wildman–Crippen LogP) is 25.6. The van der Waals surface area contributed by atoms with Crippen LogP contribution in [0.3, 0.4) is 0 Å². The number of fused-ring (bicyclic) bond motifs is 25. The Balaban J connectivity index is 0.0000000990. The van der Waals surface area contributed by atoms with Crippen LogP contribution in [0.1, 0.15) is 54.4 Å². The van der Waals surface area contributed by atoms with E-state index in [1.54, 1.807) is 17.8 Å². The van der Waals surface area contributed by atoms with Crippen LogP contribution in [0.15, 0.2) is 332 Å². The third-order valence-electron chi connectivity index (χ3n) is 25.5. The number of rotatable bonds is 5. The fourth-order valence-corrected chi connectivity index (χ4v) is 19.5. The lowest BCUT2D eigenvalue weighted by atomic mass is 9.93. The van der Waals surface area contributed by atoms with Crippen molar-refractivity contribution >= 4 is 164 Å². The van der Waals surface area contributed by atoms with Crippen molar-refractivity contribution in [3.05, 3.63) is 360 Å². The highest BCUT2D eigenvalue weighted by atomic mass is 16.3. The van der Waals surface area contributed by atoms with Crippen molar-refractivity contribution in [2.24, 2.45) is 35.2 Å². The van der Waals surface area contributed by atoms with E-state index in [1.807, 2.05) is 159 Å². The largest absolute Gasteiger partial charge is 0.455 e. The van der Waals surface area contributed by atoms with Gasteiger partial charge in [-0.25, -0.2) is 0 Å². The van der Waals surface area contributed by atoms with Crippen molar-refractivity contribution in [1.29, 1.82) is 0 Å². The molecule has 128 heavy (non-hydrogen) atoms. The number of furan rings is 5. The van der Waals surface area contributed by atoms with Crippen LogP contribution in [-0.2, 0) is 35.2 Å². The fourth-order valence-electron chi connectivity index (χ4n) is 19.5. The van der Waals surface area contributed by atoms with Gasteiger partial charge in [0.15, 0.2) is 52.7 Å². The van der Waals surface area contributed by atoms with Gasteiger partial charge in [-0.05, 0) is 218 Å². The minimum Gasteiger partial charge on any atom is -0.455 e. The Hall–Kier alpha value is -15.9. The van der Waals surface area contributed by atoms with Crippen molar-refractivity contribution in [3.8, 4) is 50.7 Å². The van der Waals surface area contributed by atoms with Crippen LogP contribution in [-0.4, -0.2) is 25.1 Å². The molecule has 15 heteroatoms. The van der Waals surface area contributed by atoms with Crippen molar-refractivity contribution < 1.29 is 49.6 Å². The van der Waals surface area contributed by atoms with Crippen LogP contribution in [0.2, 0.25) is 0 Å². The SMILES string of the molecule is Cc1c(-n2ccc[n+]2C)c2oc3ccccc3c2c2ccccc12.Cc1ccc(-c2c(C)c3ccccc3c3c2oc2ccccc23)[n+](C)n1.Cc1cn[n+](C)c(-c2c(C)c3ccccc3c3c2oc2ccccc23)c1.Cc1cn[n+](C)c(-c2c(C)c3ccccc3c3c2oc2ccccc23)c1.[2H]C([2H])([2H])c1ccc(-c2c(C)c3ccccc3c3c2oc2ccccc23)[n+](C)n1. The van der Waals surface area contributed by atoms with Crippen LogP contribution >= 0.6 is 0 Å². The van der Waals surface area contributed by atoms with Gasteiger partial charge in [-0.1, -0.05) is 231 Å². The lowest BCUT2D eigenvalue weighted by molar-refractivity contribution is -0.744. The van der Waals surface area contributed by atoms with Gasteiger partial charge >= 0.3 is 0 Å². The maximum Gasteiger partial charge on any atom is 0.243 e. The lowest BCUT2D eigenvalue weighted by Gasteiger charge is -2.10. The highest BCUT2D eigenvalue weighted by molar-refractivity contribution is 6.28. The Morgan fingerprint density at radius 1 is 0.266 bits per heavy atom. The van der Waals surface area contributed by atoms with Crippen molar-refractivity contribution in [1.82, 2.24) is 25.1 Å². The summed E-state index contributed by atoms with van der Waals surface area (Å²) in [6, 6.07) is 97.7. The molecule has 0 N–H and O–H groups in total. The van der Waals surface area contributed by atoms with Gasteiger partial charge in [-0.15, -0.1) is 9.36 Å². The van der Waals surface area contributed by atoms with Crippen LogP contribution in [0.25, 0.3) is 214 Å². The summed E-state index contributed by atoms with van der Waals surface area (Å²) in [5.41, 5.74) is 27.7. The summed E-state index contributed by atoms with van der Waals surface area (Å²) in [4.78, 5) is 0. The molecule has 0 aliphatic heterocycles. The van der Waals surface area contributed by atoms with E-state index in [0.717, 1.165) is 167 Å². The highest BCUT2D eigenvalue weighted by Gasteiger charge is 2.31. The van der Waals surface area contributed by atoms with Gasteiger partial charge in [0.2, 0.25) is 22.8 Å². The molecule has 0 spiro atoms. The molecule has 0 aliphatic rings. The summed E-state index contributed by atoms with van der Waals surface area (Å²) in [5.74, 6) is 0. The van der Waals surface area contributed by atoms with Gasteiger partial charge in [0.25, 0.3) is 0 Å². The Morgan fingerprint density at radius 2 is 0.531 bits per heavy atom. The third kappa shape index (κ3) is 13.1. The molecule has 10 heterocycles. The van der Waals surface area contributed by atoms with Crippen LogP contribution < -0.4 is 23.4 Å². The van der Waals surface area contributed by atoms with Gasteiger partial charge in [0.05, 0.1) is 40.8 Å². The zero-order valence-corrected chi connectivity index (χ0v) is 73.5. The Labute approximate surface area is 742 Å². The zero-order chi connectivity index (χ0) is 90.1. The second kappa shape index (κ2) is 31.7. The summed E-state index contributed by atoms with van der Waals surface area (Å²) in [7, 11) is 9.78. The number of para-hydroxylation sites is 5. The molecule has 0 fully saturated rings. The summed E-state index contributed by atoms with van der Waals surface area (Å²) >= 11 is 0. The molecule has 0 radical (unpaired) electrons. The first kappa shape index (κ1) is 75.8. The molecule has 0 bridgehead atoms. The van der Waals surface area contributed by atoms with E-state index in [-0.39, 0.29) is 5.69 Å². The fraction of sp³-hybridized carbons (Fsp3) is 0.124. The molecule has 25 rings (SSSR count). The average molecular weight is 1670 g/mol. The number of benzene rings is 15. The maximum atomic E-state index is 7.64. The molecular formula is C113H93N10O5+5. The van der Waals surface area contributed by atoms with Gasteiger partial charge in [-0.2, -0.15) is 0 Å². The molecule has 0 atom stereocenters. The molecular weight excluding hydrogens is 1580 g/mol. The van der Waals surface area contributed by atoms with E-state index in [0.29, 0.717) is 0 Å². The smallest absolute Gasteiger partial charge is 0.243 e. The standard InChI is InChI=1S/4C23H19N2O.C21H17N2O/c2*1-14-12-19(25(3)24-13-14)21-15(2)16-8-4-5-9-17(16)22-18-10-6-7-11-20(18)26-23(21)22;2*1-14-12-13-19(25(3)24-14)21-15(2)16-8-4-5-9-17(16)22-18-10-6-7-11-20(18)26-23(21)22;1-14-15-8-3-4-9-16(15)19-17-10-5-6-11-18(17)24-21(19)20(14)23-13-7-12-22(23)2/h4*4-13H,1-3H3;3-13H,1-2H3/q5*+1/i;;1D3;;. The van der Waals surface area contributed by atoms with Crippen LogP contribution in [0.4, 0.5) is 0 Å². The molecule has 0 saturated heterocycles. The highest BCUT2D eigenvalue weighted by Crippen LogP contribution is 2.49. The van der Waals surface area contributed by atoms with Gasteiger partial charge in [0, 0.05) is 88.3 Å². The summed E-state index contributed by atoms with van der Waals surface area (Å²) < 4.78 is 66.3. The summed E-state index contributed by atoms with van der Waals surface area (Å²) in [6.45, 7) is 14.7. The maximum absolute atomic E-state index is 7.64. The molecule has 620 valence electrons. The molecule has 25 aromatic rings. The third-order valence-corrected chi connectivity index (χ3v) is 25.5. The molecule has 15 nitrogen and oxygen atoms in total. The Kier molecular flexibility index (Phi) is 18.8. The number of nitrogens with zero attached hydrogens (tertiary/aromatic N) is 10.